The second kappa shape index (κ2) is 8.77. The third-order valence-corrected chi connectivity index (χ3v) is 6.22. The van der Waals surface area contributed by atoms with E-state index in [0.29, 0.717) is 42.0 Å². The predicted octanol–water partition coefficient (Wildman–Crippen LogP) is 3.54. The van der Waals surface area contributed by atoms with Crippen LogP contribution in [0, 0.1) is 18.6 Å². The zero-order valence-electron chi connectivity index (χ0n) is 18.8. The van der Waals surface area contributed by atoms with Crippen molar-refractivity contribution in [3.05, 3.63) is 71.7 Å². The van der Waals surface area contributed by atoms with Gasteiger partial charge in [0.25, 0.3) is 5.91 Å². The van der Waals surface area contributed by atoms with Crippen LogP contribution in [0.25, 0.3) is 16.7 Å². The maximum Gasteiger partial charge on any atom is 0.254 e. The first-order chi connectivity index (χ1) is 16.4. The lowest BCUT2D eigenvalue weighted by atomic mass is 10.1. The first kappa shape index (κ1) is 21.9. The molecular weight excluding hydrogens is 440 g/mol. The van der Waals surface area contributed by atoms with Gasteiger partial charge in [0.05, 0.1) is 35.3 Å². The molecule has 0 N–H and O–H groups in total. The number of nitrogens with zero attached hydrogens (tertiary/aromatic N) is 7. The standard InChI is InChI=1S/C24H23F2N7O/c1-15-3-4-17(33-28-6-7-29-33)11-18(15)24(34)32-10-9-31(8-5-16(32)2)23-14-27-21-12-19(25)20(26)13-22(21)30-23/h3-4,6-7,11-14,16H,5,8-10H2,1-2H3/t16-/m1/s1. The summed E-state index contributed by atoms with van der Waals surface area (Å²) in [5.74, 6) is -1.39. The highest BCUT2D eigenvalue weighted by Crippen LogP contribution is 2.23. The van der Waals surface area contributed by atoms with Gasteiger partial charge in [-0.25, -0.2) is 13.8 Å². The Bertz CT molecular complexity index is 1360. The highest BCUT2D eigenvalue weighted by Gasteiger charge is 2.27. The maximum absolute atomic E-state index is 13.7. The quantitative estimate of drug-likeness (QED) is 0.463. The highest BCUT2D eigenvalue weighted by molar-refractivity contribution is 5.96. The fourth-order valence-electron chi connectivity index (χ4n) is 4.21. The van der Waals surface area contributed by atoms with Gasteiger partial charge < -0.3 is 9.80 Å². The molecule has 1 fully saturated rings. The fraction of sp³-hybridized carbons (Fsp3) is 0.292. The molecule has 3 heterocycles. The third kappa shape index (κ3) is 4.07. The molecule has 2 aromatic heterocycles. The summed E-state index contributed by atoms with van der Waals surface area (Å²) >= 11 is 0. The van der Waals surface area contributed by atoms with Crippen LogP contribution in [0.3, 0.4) is 0 Å². The monoisotopic (exact) mass is 463 g/mol. The van der Waals surface area contributed by atoms with E-state index in [1.165, 1.54) is 4.80 Å². The molecule has 0 bridgehead atoms. The largest absolute Gasteiger partial charge is 0.353 e. The molecule has 8 nitrogen and oxygen atoms in total. The summed E-state index contributed by atoms with van der Waals surface area (Å²) in [5.41, 5.74) is 2.80. The number of aromatic nitrogens is 5. The first-order valence-corrected chi connectivity index (χ1v) is 11.1. The van der Waals surface area contributed by atoms with E-state index in [-0.39, 0.29) is 11.9 Å². The number of fused-ring (bicyclic) bond motifs is 1. The van der Waals surface area contributed by atoms with Gasteiger partial charge in [-0.1, -0.05) is 6.07 Å². The lowest BCUT2D eigenvalue weighted by molar-refractivity contribution is 0.0704. The number of carbonyl (C=O) groups excluding carboxylic acids is 1. The topological polar surface area (TPSA) is 80.0 Å². The summed E-state index contributed by atoms with van der Waals surface area (Å²) in [5, 5.41) is 8.30. The third-order valence-electron chi connectivity index (χ3n) is 6.22. The second-order valence-corrected chi connectivity index (χ2v) is 8.42. The van der Waals surface area contributed by atoms with Crippen molar-refractivity contribution < 1.29 is 13.6 Å². The molecule has 0 aliphatic carbocycles. The average molecular weight is 463 g/mol. The number of halogens is 2. The van der Waals surface area contributed by atoms with Gasteiger partial charge in [-0.3, -0.25) is 9.78 Å². The summed E-state index contributed by atoms with van der Waals surface area (Å²) in [4.78, 5) is 27.7. The van der Waals surface area contributed by atoms with Crippen LogP contribution in [0.15, 0.2) is 48.9 Å². The molecular formula is C24H23F2N7O. The Morgan fingerprint density at radius 1 is 1.00 bits per heavy atom. The number of amides is 1. The van der Waals surface area contributed by atoms with Crippen molar-refractivity contribution in [2.75, 3.05) is 24.5 Å². The Hall–Kier alpha value is -3.95. The second-order valence-electron chi connectivity index (χ2n) is 8.42. The zero-order valence-corrected chi connectivity index (χ0v) is 18.8. The molecule has 1 aliphatic rings. The highest BCUT2D eigenvalue weighted by atomic mass is 19.2. The van der Waals surface area contributed by atoms with Crippen LogP contribution >= 0.6 is 0 Å². The molecule has 4 aromatic rings. The summed E-state index contributed by atoms with van der Waals surface area (Å²) in [7, 11) is 0. The Labute approximate surface area is 194 Å². The molecule has 5 rings (SSSR count). The van der Waals surface area contributed by atoms with Crippen molar-refractivity contribution in [3.8, 4) is 5.69 Å². The van der Waals surface area contributed by atoms with Gasteiger partial charge in [-0.05, 0) is 38.0 Å². The zero-order chi connectivity index (χ0) is 23.8. The minimum Gasteiger partial charge on any atom is -0.353 e. The van der Waals surface area contributed by atoms with Crippen molar-refractivity contribution >= 4 is 22.8 Å². The van der Waals surface area contributed by atoms with E-state index in [1.807, 2.05) is 41.8 Å². The Balaban J connectivity index is 1.38. The van der Waals surface area contributed by atoms with Gasteiger partial charge in [0.1, 0.15) is 5.82 Å². The van der Waals surface area contributed by atoms with E-state index in [4.69, 9.17) is 0 Å². The Morgan fingerprint density at radius 3 is 2.50 bits per heavy atom. The molecule has 34 heavy (non-hydrogen) atoms. The molecule has 0 radical (unpaired) electrons. The summed E-state index contributed by atoms with van der Waals surface area (Å²) in [6.45, 7) is 5.63. The smallest absolute Gasteiger partial charge is 0.254 e. The number of anilines is 1. The van der Waals surface area contributed by atoms with E-state index in [9.17, 15) is 13.6 Å². The maximum atomic E-state index is 13.7. The first-order valence-electron chi connectivity index (χ1n) is 11.1. The summed E-state index contributed by atoms with van der Waals surface area (Å²) in [6, 6.07) is 7.70. The molecule has 10 heteroatoms. The van der Waals surface area contributed by atoms with Crippen molar-refractivity contribution in [3.63, 3.8) is 0 Å². The predicted molar refractivity (Wildman–Crippen MR) is 123 cm³/mol. The SMILES string of the molecule is Cc1ccc(-n2nccn2)cc1C(=O)N1CCN(c2cnc3cc(F)c(F)cc3n2)CC[C@H]1C. The summed E-state index contributed by atoms with van der Waals surface area (Å²) in [6.07, 6.45) is 5.47. The minimum absolute atomic E-state index is 0.00309. The van der Waals surface area contributed by atoms with Crippen LogP contribution in [0.4, 0.5) is 14.6 Å². The Morgan fingerprint density at radius 2 is 1.74 bits per heavy atom. The number of rotatable bonds is 3. The molecule has 174 valence electrons. The lowest BCUT2D eigenvalue weighted by Crippen LogP contribution is -2.40. The van der Waals surface area contributed by atoms with Crippen LogP contribution in [0.1, 0.15) is 29.3 Å². The van der Waals surface area contributed by atoms with E-state index in [2.05, 4.69) is 20.2 Å². The number of aryl methyl sites for hydroxylation is 1. The molecule has 1 saturated heterocycles. The normalized spacial score (nSPS) is 16.6. The molecule has 2 aromatic carbocycles. The number of hydrogen-bond acceptors (Lipinski definition) is 6. The van der Waals surface area contributed by atoms with Crippen molar-refractivity contribution in [2.24, 2.45) is 0 Å². The van der Waals surface area contributed by atoms with E-state index in [0.717, 1.165) is 29.8 Å². The summed E-state index contributed by atoms with van der Waals surface area (Å²) < 4.78 is 27.2. The van der Waals surface area contributed by atoms with Gasteiger partial charge in [0, 0.05) is 43.4 Å². The molecule has 1 aliphatic heterocycles. The number of carbonyl (C=O) groups is 1. The molecule has 0 spiro atoms. The lowest BCUT2D eigenvalue weighted by Gasteiger charge is -2.27. The van der Waals surface area contributed by atoms with E-state index >= 15 is 0 Å². The van der Waals surface area contributed by atoms with Gasteiger partial charge >= 0.3 is 0 Å². The molecule has 0 saturated carbocycles. The van der Waals surface area contributed by atoms with E-state index in [1.54, 1.807) is 18.6 Å². The average Bonchev–Trinajstić information content (AvgIpc) is 3.29. The molecule has 1 amide bonds. The Kier molecular flexibility index (Phi) is 5.64. The van der Waals surface area contributed by atoms with Crippen molar-refractivity contribution in [1.29, 1.82) is 0 Å². The van der Waals surface area contributed by atoms with Gasteiger partial charge in [0.2, 0.25) is 0 Å². The van der Waals surface area contributed by atoms with Crippen molar-refractivity contribution in [1.82, 2.24) is 29.9 Å². The number of hydrogen-bond donors (Lipinski definition) is 0. The van der Waals surface area contributed by atoms with E-state index < -0.39 is 11.6 Å². The fourth-order valence-corrected chi connectivity index (χ4v) is 4.21. The van der Waals surface area contributed by atoms with Crippen LogP contribution < -0.4 is 4.90 Å². The van der Waals surface area contributed by atoms with Gasteiger partial charge in [-0.2, -0.15) is 15.0 Å². The minimum atomic E-state index is -0.955. The number of benzene rings is 2. The van der Waals surface area contributed by atoms with Gasteiger partial charge in [0.15, 0.2) is 11.6 Å². The van der Waals surface area contributed by atoms with Crippen LogP contribution in [0.2, 0.25) is 0 Å². The van der Waals surface area contributed by atoms with Gasteiger partial charge in [-0.15, -0.1) is 0 Å². The van der Waals surface area contributed by atoms with Crippen LogP contribution in [0.5, 0.6) is 0 Å². The van der Waals surface area contributed by atoms with Crippen molar-refractivity contribution in [2.45, 2.75) is 26.3 Å². The molecule has 1 atom stereocenters. The van der Waals surface area contributed by atoms with Crippen LogP contribution in [-0.4, -0.2) is 61.4 Å². The van der Waals surface area contributed by atoms with Crippen LogP contribution in [-0.2, 0) is 0 Å². The molecule has 0 unspecified atom stereocenters.